The molecule has 0 amide bonds. The predicted octanol–water partition coefficient (Wildman–Crippen LogP) is 6.64. The monoisotopic (exact) mass is 555 g/mol. The Bertz CT molecular complexity index is 1290. The van der Waals surface area contributed by atoms with Gasteiger partial charge in [0.15, 0.2) is 23.1 Å². The maximum absolute atomic E-state index is 13.5. The van der Waals surface area contributed by atoms with Gasteiger partial charge >= 0.3 is 0 Å². The number of hydrogen-bond donors (Lipinski definition) is 0. The molecule has 1 aliphatic heterocycles. The standard InChI is InChI=1S/C30H31Cl2NO5/c1-36-14-13-33-22-9-5-11-24(34)28(22)27(29-23(33)10-6-12-25(29)35)19-15-21(32)30(26(16-19)37-2)38-17-18-7-3-4-8-20(18)31/h3-4,7-8,15-16,27H,5-6,9-14,17H2,1-2H3. The van der Waals surface area contributed by atoms with Gasteiger partial charge in [-0.1, -0.05) is 41.4 Å². The zero-order valence-electron chi connectivity index (χ0n) is 21.6. The molecule has 2 aromatic carbocycles. The third kappa shape index (κ3) is 4.97. The Labute approximate surface area is 233 Å². The zero-order valence-corrected chi connectivity index (χ0v) is 23.2. The van der Waals surface area contributed by atoms with Gasteiger partial charge in [-0.25, -0.2) is 0 Å². The number of ketones is 2. The molecule has 0 atom stereocenters. The smallest absolute Gasteiger partial charge is 0.180 e. The molecule has 1 heterocycles. The minimum atomic E-state index is -0.483. The maximum Gasteiger partial charge on any atom is 0.180 e. The molecule has 0 N–H and O–H groups in total. The first-order valence-electron chi connectivity index (χ1n) is 13.0. The number of allylic oxidation sites excluding steroid dienone is 4. The molecule has 38 heavy (non-hydrogen) atoms. The molecule has 0 aromatic heterocycles. The molecule has 0 unspecified atom stereocenters. The molecule has 0 fully saturated rings. The van der Waals surface area contributed by atoms with Crippen molar-refractivity contribution >= 4 is 34.8 Å². The number of rotatable bonds is 8. The van der Waals surface area contributed by atoms with E-state index in [0.717, 1.165) is 48.2 Å². The van der Waals surface area contributed by atoms with Crippen LogP contribution in [0.2, 0.25) is 10.0 Å². The van der Waals surface area contributed by atoms with Crippen molar-refractivity contribution in [3.05, 3.63) is 80.1 Å². The molecule has 0 saturated heterocycles. The van der Waals surface area contributed by atoms with Crippen molar-refractivity contribution < 1.29 is 23.8 Å². The summed E-state index contributed by atoms with van der Waals surface area (Å²) in [5, 5.41) is 0.953. The second-order valence-electron chi connectivity index (χ2n) is 9.77. The van der Waals surface area contributed by atoms with Crippen LogP contribution in [0.5, 0.6) is 11.5 Å². The van der Waals surface area contributed by atoms with E-state index in [1.807, 2.05) is 24.3 Å². The number of carbonyl (C=O) groups is 2. The number of hydrogen-bond acceptors (Lipinski definition) is 6. The van der Waals surface area contributed by atoms with Crippen molar-refractivity contribution in [2.24, 2.45) is 0 Å². The number of methoxy groups -OCH3 is 2. The van der Waals surface area contributed by atoms with E-state index in [4.69, 9.17) is 37.4 Å². The van der Waals surface area contributed by atoms with Crippen LogP contribution in [0.1, 0.15) is 55.6 Å². The lowest BCUT2D eigenvalue weighted by Gasteiger charge is -2.44. The van der Waals surface area contributed by atoms with Crippen molar-refractivity contribution in [3.63, 3.8) is 0 Å². The molecule has 8 heteroatoms. The lowest BCUT2D eigenvalue weighted by Crippen LogP contribution is -2.40. The van der Waals surface area contributed by atoms with Crippen molar-refractivity contribution in [3.8, 4) is 11.5 Å². The van der Waals surface area contributed by atoms with Gasteiger partial charge in [0, 0.05) is 65.5 Å². The Morgan fingerprint density at radius 2 is 1.55 bits per heavy atom. The van der Waals surface area contributed by atoms with E-state index >= 15 is 0 Å². The summed E-state index contributed by atoms with van der Waals surface area (Å²) in [6.45, 7) is 1.34. The van der Waals surface area contributed by atoms with Crippen LogP contribution < -0.4 is 9.47 Å². The average molecular weight is 556 g/mol. The molecule has 200 valence electrons. The Kier molecular flexibility index (Phi) is 8.12. The molecular formula is C30H31Cl2NO5. The van der Waals surface area contributed by atoms with Crippen molar-refractivity contribution in [2.75, 3.05) is 27.4 Å². The van der Waals surface area contributed by atoms with Crippen LogP contribution in [0, 0.1) is 0 Å². The summed E-state index contributed by atoms with van der Waals surface area (Å²) >= 11 is 13.1. The van der Waals surface area contributed by atoms with Crippen LogP contribution in [0.3, 0.4) is 0 Å². The van der Waals surface area contributed by atoms with E-state index in [2.05, 4.69) is 4.90 Å². The number of ether oxygens (including phenoxy) is 3. The Morgan fingerprint density at radius 1 is 0.895 bits per heavy atom. The summed E-state index contributed by atoms with van der Waals surface area (Å²) in [5.41, 5.74) is 4.99. The fraction of sp³-hybridized carbons (Fsp3) is 0.400. The predicted molar refractivity (Wildman–Crippen MR) is 147 cm³/mol. The highest BCUT2D eigenvalue weighted by molar-refractivity contribution is 6.32. The third-order valence-electron chi connectivity index (χ3n) is 7.52. The summed E-state index contributed by atoms with van der Waals surface area (Å²) in [7, 11) is 3.22. The maximum atomic E-state index is 13.5. The Balaban J connectivity index is 1.60. The summed E-state index contributed by atoms with van der Waals surface area (Å²) in [4.78, 5) is 29.1. The van der Waals surface area contributed by atoms with Gasteiger partial charge in [-0.15, -0.1) is 0 Å². The fourth-order valence-electron chi connectivity index (χ4n) is 5.81. The molecular weight excluding hydrogens is 525 g/mol. The lowest BCUT2D eigenvalue weighted by molar-refractivity contribution is -0.117. The normalized spacial score (nSPS) is 18.1. The van der Waals surface area contributed by atoms with Crippen molar-refractivity contribution in [1.29, 1.82) is 0 Å². The SMILES string of the molecule is COCCN1C2=C(C(=O)CCC2)C(c2cc(Cl)c(OCc3ccccc3Cl)c(OC)c2)C2=C1CCCC2=O. The average Bonchev–Trinajstić information content (AvgIpc) is 2.91. The van der Waals surface area contributed by atoms with E-state index in [-0.39, 0.29) is 18.2 Å². The minimum absolute atomic E-state index is 0.0812. The van der Waals surface area contributed by atoms with Gasteiger partial charge < -0.3 is 19.1 Å². The molecule has 0 bridgehead atoms. The summed E-state index contributed by atoms with van der Waals surface area (Å²) in [5.74, 6) is 0.514. The quantitative estimate of drug-likeness (QED) is 0.363. The lowest BCUT2D eigenvalue weighted by atomic mass is 9.71. The molecule has 5 rings (SSSR count). The van der Waals surface area contributed by atoms with Crippen molar-refractivity contribution in [2.45, 2.75) is 51.0 Å². The van der Waals surface area contributed by atoms with E-state index in [0.29, 0.717) is 58.7 Å². The topological polar surface area (TPSA) is 65.1 Å². The number of benzene rings is 2. The van der Waals surface area contributed by atoms with E-state index < -0.39 is 5.92 Å². The molecule has 3 aliphatic rings. The minimum Gasteiger partial charge on any atom is -0.493 e. The summed E-state index contributed by atoms with van der Waals surface area (Å²) in [6, 6.07) is 11.1. The van der Waals surface area contributed by atoms with E-state index in [1.165, 1.54) is 0 Å². The first-order valence-corrected chi connectivity index (χ1v) is 13.7. The summed E-state index contributed by atoms with van der Waals surface area (Å²) < 4.78 is 17.1. The number of nitrogens with zero attached hydrogens (tertiary/aromatic N) is 1. The fourth-order valence-corrected chi connectivity index (χ4v) is 6.28. The highest BCUT2D eigenvalue weighted by Gasteiger charge is 2.43. The molecule has 2 aliphatic carbocycles. The van der Waals surface area contributed by atoms with Crippen LogP contribution >= 0.6 is 23.2 Å². The van der Waals surface area contributed by atoms with Crippen LogP contribution in [0.15, 0.2) is 58.9 Å². The van der Waals surface area contributed by atoms with Crippen molar-refractivity contribution in [1.82, 2.24) is 4.90 Å². The largest absolute Gasteiger partial charge is 0.493 e. The molecule has 0 saturated carbocycles. The van der Waals surface area contributed by atoms with Crippen LogP contribution in [-0.2, 0) is 20.9 Å². The Morgan fingerprint density at radius 3 is 2.16 bits per heavy atom. The zero-order chi connectivity index (χ0) is 26.8. The van der Waals surface area contributed by atoms with Gasteiger partial charge in [0.05, 0.1) is 18.7 Å². The second-order valence-corrected chi connectivity index (χ2v) is 10.6. The highest BCUT2D eigenvalue weighted by Crippen LogP contribution is 2.51. The van der Waals surface area contributed by atoms with Crippen LogP contribution in [-0.4, -0.2) is 43.8 Å². The van der Waals surface area contributed by atoms with E-state index in [1.54, 1.807) is 26.4 Å². The highest BCUT2D eigenvalue weighted by atomic mass is 35.5. The first-order chi connectivity index (χ1) is 18.4. The molecule has 0 radical (unpaired) electrons. The summed E-state index contributed by atoms with van der Waals surface area (Å²) in [6.07, 6.45) is 4.10. The molecule has 0 spiro atoms. The van der Waals surface area contributed by atoms with Gasteiger partial charge in [0.1, 0.15) is 6.61 Å². The Hall–Kier alpha value is -2.80. The van der Waals surface area contributed by atoms with E-state index in [9.17, 15) is 9.59 Å². The molecule has 2 aromatic rings. The van der Waals surface area contributed by atoms with Crippen LogP contribution in [0.25, 0.3) is 0 Å². The van der Waals surface area contributed by atoms with Crippen LogP contribution in [0.4, 0.5) is 0 Å². The number of halogens is 2. The van der Waals surface area contributed by atoms with Gasteiger partial charge in [0.25, 0.3) is 0 Å². The van der Waals surface area contributed by atoms with Gasteiger partial charge in [-0.2, -0.15) is 0 Å². The van der Waals surface area contributed by atoms with Gasteiger partial charge in [0.2, 0.25) is 0 Å². The number of Topliss-reactive ketones (excluding diaryl/α,β-unsaturated/α-hetero) is 2. The van der Waals surface area contributed by atoms with Gasteiger partial charge in [-0.05, 0) is 49.4 Å². The third-order valence-corrected chi connectivity index (χ3v) is 8.17. The van der Waals surface area contributed by atoms with Gasteiger partial charge in [-0.3, -0.25) is 9.59 Å². The molecule has 6 nitrogen and oxygen atoms in total. The second kappa shape index (κ2) is 11.5. The first kappa shape index (κ1) is 26.8. The number of carbonyl (C=O) groups excluding carboxylic acids is 2.